The van der Waals surface area contributed by atoms with Crippen LogP contribution in [0.25, 0.3) is 6.08 Å². The molecular weight excluding hydrogens is 158 g/mol. The summed E-state index contributed by atoms with van der Waals surface area (Å²) in [5.41, 5.74) is 2.37. The van der Waals surface area contributed by atoms with Gasteiger partial charge in [-0.3, -0.25) is 0 Å². The zero-order chi connectivity index (χ0) is 9.52. The van der Waals surface area contributed by atoms with Crippen molar-refractivity contribution in [1.82, 2.24) is 0 Å². The van der Waals surface area contributed by atoms with E-state index in [0.717, 1.165) is 5.69 Å². The first-order chi connectivity index (χ1) is 6.38. The van der Waals surface area contributed by atoms with E-state index in [4.69, 9.17) is 0 Å². The molecule has 1 rings (SSSR count). The van der Waals surface area contributed by atoms with Crippen LogP contribution in [0, 0.1) is 0 Å². The summed E-state index contributed by atoms with van der Waals surface area (Å²) in [6.07, 6.45) is 8.16. The topological polar surface area (TPSA) is 12.0 Å². The summed E-state index contributed by atoms with van der Waals surface area (Å²) in [6.45, 7) is 2.01. The standard InChI is InChI=1S/C12H15N/c1-3-4-5-8-11-9-6-7-10-12(11)13-2/h3-10,13H,1-2H3/b4-3+,8-5-. The molecule has 1 aromatic rings. The summed E-state index contributed by atoms with van der Waals surface area (Å²) in [4.78, 5) is 0. The maximum Gasteiger partial charge on any atom is 0.0411 e. The Bertz CT molecular complexity index is 311. The maximum absolute atomic E-state index is 3.15. The van der Waals surface area contributed by atoms with E-state index in [0.29, 0.717) is 0 Å². The normalized spacial score (nSPS) is 11.2. The van der Waals surface area contributed by atoms with Crippen molar-refractivity contribution in [2.24, 2.45) is 0 Å². The Morgan fingerprint density at radius 3 is 2.62 bits per heavy atom. The lowest BCUT2D eigenvalue weighted by Gasteiger charge is -2.03. The Kier molecular flexibility index (Phi) is 3.83. The van der Waals surface area contributed by atoms with Crippen LogP contribution in [0.1, 0.15) is 12.5 Å². The third-order valence-electron chi connectivity index (χ3n) is 1.81. The molecule has 0 aliphatic carbocycles. The van der Waals surface area contributed by atoms with Crippen LogP contribution in [-0.2, 0) is 0 Å². The molecule has 1 N–H and O–H groups in total. The molecule has 0 fully saturated rings. The molecule has 0 bridgehead atoms. The number of allylic oxidation sites excluding steroid dienone is 3. The number of anilines is 1. The minimum absolute atomic E-state index is 1.16. The molecule has 0 unspecified atom stereocenters. The van der Waals surface area contributed by atoms with Crippen molar-refractivity contribution in [3.05, 3.63) is 48.1 Å². The van der Waals surface area contributed by atoms with Crippen LogP contribution in [0.4, 0.5) is 5.69 Å². The van der Waals surface area contributed by atoms with Gasteiger partial charge in [0, 0.05) is 12.7 Å². The van der Waals surface area contributed by atoms with Crippen LogP contribution in [0.5, 0.6) is 0 Å². The number of rotatable bonds is 3. The Balaban J connectivity index is 2.86. The molecule has 0 aliphatic rings. The predicted octanol–water partition coefficient (Wildman–Crippen LogP) is 3.32. The Morgan fingerprint density at radius 2 is 1.92 bits per heavy atom. The molecule has 0 saturated carbocycles. The molecule has 0 aromatic heterocycles. The zero-order valence-corrected chi connectivity index (χ0v) is 8.12. The molecule has 1 heteroatoms. The van der Waals surface area contributed by atoms with Gasteiger partial charge in [-0.05, 0) is 18.6 Å². The molecule has 0 amide bonds. The van der Waals surface area contributed by atoms with Gasteiger partial charge < -0.3 is 5.32 Å². The third-order valence-corrected chi connectivity index (χ3v) is 1.81. The fourth-order valence-electron chi connectivity index (χ4n) is 1.14. The monoisotopic (exact) mass is 173 g/mol. The second-order valence-corrected chi connectivity index (χ2v) is 2.72. The highest BCUT2D eigenvalue weighted by atomic mass is 14.8. The number of benzene rings is 1. The Morgan fingerprint density at radius 1 is 1.15 bits per heavy atom. The quantitative estimate of drug-likeness (QED) is 0.691. The first-order valence-electron chi connectivity index (χ1n) is 4.44. The highest BCUT2D eigenvalue weighted by molar-refractivity contribution is 5.66. The summed E-state index contributed by atoms with van der Waals surface area (Å²) in [6, 6.07) is 8.22. The van der Waals surface area contributed by atoms with Crippen molar-refractivity contribution >= 4 is 11.8 Å². The first kappa shape index (κ1) is 9.59. The van der Waals surface area contributed by atoms with Gasteiger partial charge in [0.25, 0.3) is 0 Å². The molecule has 0 atom stereocenters. The van der Waals surface area contributed by atoms with Crippen molar-refractivity contribution in [1.29, 1.82) is 0 Å². The summed E-state index contributed by atoms with van der Waals surface area (Å²) < 4.78 is 0. The number of hydrogen-bond donors (Lipinski definition) is 1. The van der Waals surface area contributed by atoms with Crippen molar-refractivity contribution in [3.8, 4) is 0 Å². The lowest BCUT2D eigenvalue weighted by atomic mass is 10.1. The van der Waals surface area contributed by atoms with Crippen LogP contribution in [0.15, 0.2) is 42.5 Å². The molecule has 0 saturated heterocycles. The number of nitrogens with one attached hydrogen (secondary N) is 1. The highest BCUT2D eigenvalue weighted by Crippen LogP contribution is 2.15. The molecule has 0 heterocycles. The number of para-hydroxylation sites is 1. The largest absolute Gasteiger partial charge is 0.388 e. The molecule has 0 radical (unpaired) electrons. The third kappa shape index (κ3) is 2.79. The van der Waals surface area contributed by atoms with E-state index >= 15 is 0 Å². The van der Waals surface area contributed by atoms with Gasteiger partial charge >= 0.3 is 0 Å². The van der Waals surface area contributed by atoms with E-state index in [1.54, 1.807) is 0 Å². The summed E-state index contributed by atoms with van der Waals surface area (Å²) >= 11 is 0. The summed E-state index contributed by atoms with van der Waals surface area (Å²) in [7, 11) is 1.93. The average molecular weight is 173 g/mol. The lowest BCUT2D eigenvalue weighted by Crippen LogP contribution is -1.89. The molecule has 1 aromatic carbocycles. The van der Waals surface area contributed by atoms with Gasteiger partial charge in [-0.2, -0.15) is 0 Å². The van der Waals surface area contributed by atoms with E-state index in [-0.39, 0.29) is 0 Å². The van der Waals surface area contributed by atoms with Crippen molar-refractivity contribution in [3.63, 3.8) is 0 Å². The van der Waals surface area contributed by atoms with E-state index in [9.17, 15) is 0 Å². The van der Waals surface area contributed by atoms with Gasteiger partial charge in [0.15, 0.2) is 0 Å². The second kappa shape index (κ2) is 5.20. The van der Waals surface area contributed by atoms with Crippen LogP contribution in [0.3, 0.4) is 0 Å². The van der Waals surface area contributed by atoms with Gasteiger partial charge in [0.1, 0.15) is 0 Å². The maximum atomic E-state index is 3.15. The Hall–Kier alpha value is -1.50. The smallest absolute Gasteiger partial charge is 0.0411 e. The zero-order valence-electron chi connectivity index (χ0n) is 8.12. The van der Waals surface area contributed by atoms with E-state index < -0.39 is 0 Å². The van der Waals surface area contributed by atoms with Crippen molar-refractivity contribution in [2.75, 3.05) is 12.4 Å². The minimum atomic E-state index is 1.16. The summed E-state index contributed by atoms with van der Waals surface area (Å²) in [5.74, 6) is 0. The predicted molar refractivity (Wildman–Crippen MR) is 59.8 cm³/mol. The highest BCUT2D eigenvalue weighted by Gasteiger charge is 1.92. The second-order valence-electron chi connectivity index (χ2n) is 2.72. The van der Waals surface area contributed by atoms with Gasteiger partial charge in [-0.25, -0.2) is 0 Å². The number of hydrogen-bond acceptors (Lipinski definition) is 1. The van der Waals surface area contributed by atoms with E-state index in [2.05, 4.69) is 23.5 Å². The molecule has 0 spiro atoms. The van der Waals surface area contributed by atoms with E-state index in [1.807, 2.05) is 44.3 Å². The van der Waals surface area contributed by atoms with Crippen LogP contribution < -0.4 is 5.32 Å². The van der Waals surface area contributed by atoms with Gasteiger partial charge in [-0.15, -0.1) is 0 Å². The van der Waals surface area contributed by atoms with Gasteiger partial charge in [0.05, 0.1) is 0 Å². The Labute approximate surface area is 79.8 Å². The fraction of sp³-hybridized carbons (Fsp3) is 0.167. The van der Waals surface area contributed by atoms with Crippen LogP contribution >= 0.6 is 0 Å². The first-order valence-corrected chi connectivity index (χ1v) is 4.44. The molecule has 1 nitrogen and oxygen atoms in total. The average Bonchev–Trinajstić information content (AvgIpc) is 2.19. The summed E-state index contributed by atoms with van der Waals surface area (Å²) in [5, 5.41) is 3.15. The van der Waals surface area contributed by atoms with Gasteiger partial charge in [-0.1, -0.05) is 42.5 Å². The van der Waals surface area contributed by atoms with E-state index in [1.165, 1.54) is 5.56 Å². The SMILES string of the molecule is C/C=C/C=C\c1ccccc1NC. The lowest BCUT2D eigenvalue weighted by molar-refractivity contribution is 1.49. The molecule has 68 valence electrons. The fourth-order valence-corrected chi connectivity index (χ4v) is 1.14. The van der Waals surface area contributed by atoms with Gasteiger partial charge in [0.2, 0.25) is 0 Å². The molecular formula is C12H15N. The molecule has 0 aliphatic heterocycles. The van der Waals surface area contributed by atoms with Crippen molar-refractivity contribution in [2.45, 2.75) is 6.92 Å². The van der Waals surface area contributed by atoms with Crippen LogP contribution in [-0.4, -0.2) is 7.05 Å². The minimum Gasteiger partial charge on any atom is -0.388 e. The van der Waals surface area contributed by atoms with Crippen LogP contribution in [0.2, 0.25) is 0 Å². The molecule has 13 heavy (non-hydrogen) atoms. The van der Waals surface area contributed by atoms with Crippen molar-refractivity contribution < 1.29 is 0 Å².